The van der Waals surface area contributed by atoms with Gasteiger partial charge < -0.3 is 0 Å². The van der Waals surface area contributed by atoms with E-state index in [2.05, 4.69) is 22.0 Å². The van der Waals surface area contributed by atoms with Crippen molar-refractivity contribution in [2.45, 2.75) is 40.2 Å². The molecule has 7 nitrogen and oxygen atoms in total. The first-order valence-corrected chi connectivity index (χ1v) is 9.35. The highest BCUT2D eigenvalue weighted by Gasteiger charge is 2.21. The molecule has 0 fully saturated rings. The molecule has 0 aliphatic carbocycles. The van der Waals surface area contributed by atoms with E-state index < -0.39 is 0 Å². The van der Waals surface area contributed by atoms with Crippen LogP contribution in [0.4, 0.5) is 0 Å². The molecule has 0 unspecified atom stereocenters. The average Bonchev–Trinajstić information content (AvgIpc) is 3.26. The third-order valence-corrected chi connectivity index (χ3v) is 4.70. The fraction of sp³-hybridized carbons (Fsp3) is 0.286. The van der Waals surface area contributed by atoms with E-state index in [0.717, 1.165) is 34.4 Å². The normalized spacial score (nSPS) is 12.3. The van der Waals surface area contributed by atoms with Crippen LogP contribution in [0, 0.1) is 20.8 Å². The molecule has 0 saturated heterocycles. The molecule has 0 aliphatic rings. The second kappa shape index (κ2) is 7.34. The molecule has 0 amide bonds. The van der Waals surface area contributed by atoms with Gasteiger partial charge in [0.05, 0.1) is 6.54 Å². The molecule has 0 bridgehead atoms. The van der Waals surface area contributed by atoms with Gasteiger partial charge in [-0.2, -0.15) is 9.78 Å². The number of hydrogen-bond donors (Lipinski definition) is 0. The van der Waals surface area contributed by atoms with Gasteiger partial charge in [-0.15, -0.1) is 5.10 Å². The average molecular weight is 373 g/mol. The molecule has 1 aromatic carbocycles. The molecule has 0 saturated carbocycles. The van der Waals surface area contributed by atoms with Crippen LogP contribution in [-0.4, -0.2) is 34.5 Å². The molecule has 4 aromatic rings. The van der Waals surface area contributed by atoms with Crippen LogP contribution >= 0.6 is 0 Å². The van der Waals surface area contributed by atoms with Crippen molar-refractivity contribution in [2.75, 3.05) is 0 Å². The minimum Gasteiger partial charge on any atom is -0.249 e. The van der Waals surface area contributed by atoms with E-state index in [1.165, 1.54) is 0 Å². The molecule has 4 rings (SSSR count). The van der Waals surface area contributed by atoms with Crippen LogP contribution in [0.2, 0.25) is 0 Å². The van der Waals surface area contributed by atoms with Gasteiger partial charge in [-0.3, -0.25) is 0 Å². The molecule has 7 heteroatoms. The van der Waals surface area contributed by atoms with Crippen molar-refractivity contribution in [2.24, 2.45) is 0 Å². The van der Waals surface area contributed by atoms with Gasteiger partial charge in [0, 0.05) is 17.7 Å². The summed E-state index contributed by atoms with van der Waals surface area (Å²) in [6.45, 7) is 8.71. The summed E-state index contributed by atoms with van der Waals surface area (Å²) in [5, 5.41) is 9.29. The van der Waals surface area contributed by atoms with E-state index in [-0.39, 0.29) is 5.92 Å². The Balaban J connectivity index is 1.79. The number of aromatic nitrogens is 7. The van der Waals surface area contributed by atoms with E-state index in [4.69, 9.17) is 10.1 Å². The lowest BCUT2D eigenvalue weighted by atomic mass is 10.1. The van der Waals surface area contributed by atoms with Crippen LogP contribution in [0.1, 0.15) is 35.9 Å². The topological polar surface area (TPSA) is 74.3 Å². The molecule has 0 aliphatic heterocycles. The molecule has 28 heavy (non-hydrogen) atoms. The van der Waals surface area contributed by atoms with E-state index in [9.17, 15) is 0 Å². The Morgan fingerprint density at radius 1 is 0.929 bits per heavy atom. The van der Waals surface area contributed by atoms with E-state index in [1.54, 1.807) is 6.20 Å². The molecule has 1 atom stereocenters. The van der Waals surface area contributed by atoms with Crippen molar-refractivity contribution in [1.29, 1.82) is 0 Å². The maximum absolute atomic E-state index is 4.88. The van der Waals surface area contributed by atoms with Gasteiger partial charge >= 0.3 is 0 Å². The summed E-state index contributed by atoms with van der Waals surface area (Å²) in [7, 11) is 0. The van der Waals surface area contributed by atoms with Crippen molar-refractivity contribution < 1.29 is 0 Å². The third-order valence-electron chi connectivity index (χ3n) is 4.70. The van der Waals surface area contributed by atoms with Crippen molar-refractivity contribution in [3.63, 3.8) is 0 Å². The summed E-state index contributed by atoms with van der Waals surface area (Å²) in [6.07, 6.45) is 1.78. The van der Waals surface area contributed by atoms with Gasteiger partial charge in [0.2, 0.25) is 0 Å². The fourth-order valence-electron chi connectivity index (χ4n) is 3.28. The minimum absolute atomic E-state index is 0.0752. The van der Waals surface area contributed by atoms with Gasteiger partial charge in [0.1, 0.15) is 17.5 Å². The number of benzene rings is 1. The predicted octanol–water partition coefficient (Wildman–Crippen LogP) is 3.65. The summed E-state index contributed by atoms with van der Waals surface area (Å²) >= 11 is 0. The Morgan fingerprint density at radius 3 is 2.39 bits per heavy atom. The molecular formula is C21H23N7. The SMILES string of the molecule is Cc1nc(C)n(C[C@H](C)c2nc(-c3ccccc3)nn2-c2ncccc2C)n1. The summed E-state index contributed by atoms with van der Waals surface area (Å²) in [4.78, 5) is 13.8. The number of nitrogens with zero attached hydrogens (tertiary/aromatic N) is 7. The first-order chi connectivity index (χ1) is 13.5. The zero-order valence-electron chi connectivity index (χ0n) is 16.5. The van der Waals surface area contributed by atoms with E-state index >= 15 is 0 Å². The van der Waals surface area contributed by atoms with Gasteiger partial charge in [-0.25, -0.2) is 19.6 Å². The van der Waals surface area contributed by atoms with Crippen molar-refractivity contribution in [3.8, 4) is 17.2 Å². The van der Waals surface area contributed by atoms with Gasteiger partial charge in [-0.1, -0.05) is 43.3 Å². The highest BCUT2D eigenvalue weighted by atomic mass is 15.4. The Kier molecular flexibility index (Phi) is 4.73. The lowest BCUT2D eigenvalue weighted by Gasteiger charge is -2.13. The number of aryl methyl sites for hydroxylation is 3. The smallest absolute Gasteiger partial charge is 0.181 e. The second-order valence-electron chi connectivity index (χ2n) is 7.00. The largest absolute Gasteiger partial charge is 0.249 e. The predicted molar refractivity (Wildman–Crippen MR) is 107 cm³/mol. The Morgan fingerprint density at radius 2 is 1.71 bits per heavy atom. The van der Waals surface area contributed by atoms with Gasteiger partial charge in [0.15, 0.2) is 11.6 Å². The minimum atomic E-state index is 0.0752. The Bertz CT molecular complexity index is 1100. The Hall–Kier alpha value is -3.35. The van der Waals surface area contributed by atoms with Crippen molar-refractivity contribution >= 4 is 0 Å². The third kappa shape index (κ3) is 3.43. The lowest BCUT2D eigenvalue weighted by Crippen LogP contribution is -2.15. The molecule has 0 N–H and O–H groups in total. The molecule has 0 radical (unpaired) electrons. The highest BCUT2D eigenvalue weighted by molar-refractivity contribution is 5.54. The molecule has 0 spiro atoms. The first kappa shape index (κ1) is 18.0. The first-order valence-electron chi connectivity index (χ1n) is 9.35. The van der Waals surface area contributed by atoms with Gasteiger partial charge in [0.25, 0.3) is 0 Å². The van der Waals surface area contributed by atoms with Crippen LogP contribution in [0.3, 0.4) is 0 Å². The van der Waals surface area contributed by atoms with Crippen LogP contribution in [-0.2, 0) is 6.54 Å². The zero-order valence-corrected chi connectivity index (χ0v) is 16.5. The zero-order chi connectivity index (χ0) is 19.7. The Labute approximate surface area is 164 Å². The maximum atomic E-state index is 4.88. The summed E-state index contributed by atoms with van der Waals surface area (Å²) < 4.78 is 3.79. The van der Waals surface area contributed by atoms with Crippen molar-refractivity contribution in [1.82, 2.24) is 34.5 Å². The molecule has 3 aromatic heterocycles. The van der Waals surface area contributed by atoms with E-state index in [1.807, 2.05) is 72.6 Å². The lowest BCUT2D eigenvalue weighted by molar-refractivity contribution is 0.501. The summed E-state index contributed by atoms with van der Waals surface area (Å²) in [5.74, 6) is 4.09. The van der Waals surface area contributed by atoms with E-state index in [0.29, 0.717) is 12.4 Å². The molecule has 3 heterocycles. The summed E-state index contributed by atoms with van der Waals surface area (Å²) in [6, 6.07) is 14.0. The second-order valence-corrected chi connectivity index (χ2v) is 7.00. The fourth-order valence-corrected chi connectivity index (χ4v) is 3.28. The monoisotopic (exact) mass is 373 g/mol. The van der Waals surface area contributed by atoms with Crippen LogP contribution in [0.5, 0.6) is 0 Å². The van der Waals surface area contributed by atoms with Crippen molar-refractivity contribution in [3.05, 3.63) is 71.7 Å². The number of pyridine rings is 1. The standard InChI is InChI=1S/C21H23N7/c1-14-9-8-12-22-20(14)28-21(15(2)13-27-17(4)23-16(3)25-27)24-19(26-28)18-10-6-5-7-11-18/h5-12,15H,13H2,1-4H3/t15-/m0/s1. The summed E-state index contributed by atoms with van der Waals surface area (Å²) in [5.41, 5.74) is 2.03. The van der Waals surface area contributed by atoms with Crippen LogP contribution < -0.4 is 0 Å². The maximum Gasteiger partial charge on any atom is 0.181 e. The highest BCUT2D eigenvalue weighted by Crippen LogP contribution is 2.24. The molecule has 142 valence electrons. The van der Waals surface area contributed by atoms with Crippen LogP contribution in [0.15, 0.2) is 48.7 Å². The quantitative estimate of drug-likeness (QED) is 0.534. The number of hydrogen-bond acceptors (Lipinski definition) is 5. The number of rotatable bonds is 5. The van der Waals surface area contributed by atoms with Crippen LogP contribution in [0.25, 0.3) is 17.2 Å². The molecular weight excluding hydrogens is 350 g/mol. The van der Waals surface area contributed by atoms with Gasteiger partial charge in [-0.05, 0) is 32.4 Å².